The number of amides is 4. The van der Waals surface area contributed by atoms with Crippen LogP contribution >= 0.6 is 0 Å². The third-order valence-electron chi connectivity index (χ3n) is 2.93. The zero-order valence-electron chi connectivity index (χ0n) is 10.5. The fourth-order valence-corrected chi connectivity index (χ4v) is 1.59. The molecular weight excluding hydrogens is 222 g/mol. The lowest BCUT2D eigenvalue weighted by molar-refractivity contribution is -0.134. The fourth-order valence-electron chi connectivity index (χ4n) is 1.59. The van der Waals surface area contributed by atoms with Crippen molar-refractivity contribution in [2.24, 2.45) is 0 Å². The molecule has 1 saturated heterocycles. The lowest BCUT2D eigenvalue weighted by atomic mass is 9.99. The molecule has 1 rings (SSSR count). The van der Waals surface area contributed by atoms with Crippen LogP contribution < -0.4 is 10.6 Å². The molecule has 6 nitrogen and oxygen atoms in total. The number of nitrogens with zero attached hydrogens (tertiary/aromatic N) is 1. The number of imide groups is 1. The molecule has 17 heavy (non-hydrogen) atoms. The average molecular weight is 241 g/mol. The van der Waals surface area contributed by atoms with Crippen LogP contribution in [0.3, 0.4) is 0 Å². The van der Waals surface area contributed by atoms with Crippen molar-refractivity contribution >= 4 is 17.8 Å². The number of hydrogen-bond donors (Lipinski definition) is 2. The Morgan fingerprint density at radius 3 is 2.53 bits per heavy atom. The molecule has 1 aliphatic heterocycles. The summed E-state index contributed by atoms with van der Waals surface area (Å²) < 4.78 is 0. The van der Waals surface area contributed by atoms with E-state index in [-0.39, 0.29) is 18.4 Å². The molecule has 1 atom stereocenters. The van der Waals surface area contributed by atoms with Crippen LogP contribution in [0, 0.1) is 0 Å². The zero-order chi connectivity index (χ0) is 13.1. The topological polar surface area (TPSA) is 78.5 Å². The molecule has 1 unspecified atom stereocenters. The maximum Gasteiger partial charge on any atom is 0.325 e. The molecule has 1 heterocycles. The number of rotatable bonds is 5. The van der Waals surface area contributed by atoms with Gasteiger partial charge in [-0.25, -0.2) is 4.79 Å². The van der Waals surface area contributed by atoms with Crippen molar-refractivity contribution in [1.82, 2.24) is 15.5 Å². The summed E-state index contributed by atoms with van der Waals surface area (Å²) in [6.45, 7) is 5.76. The van der Waals surface area contributed by atoms with Gasteiger partial charge < -0.3 is 10.6 Å². The highest BCUT2D eigenvalue weighted by Gasteiger charge is 2.46. The molecule has 0 radical (unpaired) electrons. The number of urea groups is 1. The SMILES string of the molecule is CCCNC(=O)CN1C(=O)NC(C)(CC)C1=O. The highest BCUT2D eigenvalue weighted by molar-refractivity contribution is 6.08. The Kier molecular flexibility index (Phi) is 4.09. The number of carbonyl (C=O) groups excluding carboxylic acids is 3. The van der Waals surface area contributed by atoms with Crippen molar-refractivity contribution in [3.05, 3.63) is 0 Å². The van der Waals surface area contributed by atoms with Crippen LogP contribution in [0.1, 0.15) is 33.6 Å². The monoisotopic (exact) mass is 241 g/mol. The third-order valence-corrected chi connectivity index (χ3v) is 2.93. The Balaban J connectivity index is 2.63. The van der Waals surface area contributed by atoms with Gasteiger partial charge in [0.15, 0.2) is 0 Å². The first-order valence-corrected chi connectivity index (χ1v) is 5.85. The minimum absolute atomic E-state index is 0.208. The third kappa shape index (κ3) is 2.75. The summed E-state index contributed by atoms with van der Waals surface area (Å²) in [7, 11) is 0. The van der Waals surface area contributed by atoms with Crippen molar-refractivity contribution < 1.29 is 14.4 Å². The van der Waals surface area contributed by atoms with E-state index < -0.39 is 11.6 Å². The second-order valence-corrected chi connectivity index (χ2v) is 4.36. The van der Waals surface area contributed by atoms with Crippen LogP contribution in [0.4, 0.5) is 4.79 Å². The largest absolute Gasteiger partial charge is 0.355 e. The minimum Gasteiger partial charge on any atom is -0.355 e. The summed E-state index contributed by atoms with van der Waals surface area (Å²) in [6.07, 6.45) is 1.32. The Bertz CT molecular complexity index is 343. The molecule has 0 aromatic heterocycles. The van der Waals surface area contributed by atoms with Crippen molar-refractivity contribution in [2.45, 2.75) is 39.2 Å². The van der Waals surface area contributed by atoms with Gasteiger partial charge in [0.05, 0.1) is 0 Å². The van der Waals surface area contributed by atoms with Gasteiger partial charge in [-0.1, -0.05) is 13.8 Å². The molecule has 0 saturated carbocycles. The Hall–Kier alpha value is -1.59. The summed E-state index contributed by atoms with van der Waals surface area (Å²) in [6, 6.07) is -0.494. The molecule has 0 aromatic carbocycles. The summed E-state index contributed by atoms with van der Waals surface area (Å²) in [5, 5.41) is 5.23. The molecule has 1 aliphatic rings. The summed E-state index contributed by atoms with van der Waals surface area (Å²) in [5.74, 6) is -0.646. The van der Waals surface area contributed by atoms with Crippen LogP contribution in [-0.2, 0) is 9.59 Å². The second-order valence-electron chi connectivity index (χ2n) is 4.36. The van der Waals surface area contributed by atoms with Crippen LogP contribution in [0.25, 0.3) is 0 Å². The maximum absolute atomic E-state index is 11.9. The van der Waals surface area contributed by atoms with Gasteiger partial charge in [0, 0.05) is 6.54 Å². The van der Waals surface area contributed by atoms with Crippen LogP contribution in [0.5, 0.6) is 0 Å². The Morgan fingerprint density at radius 1 is 1.41 bits per heavy atom. The number of hydrogen-bond acceptors (Lipinski definition) is 3. The van der Waals surface area contributed by atoms with Gasteiger partial charge in [-0.05, 0) is 19.8 Å². The van der Waals surface area contributed by atoms with E-state index >= 15 is 0 Å². The first kappa shape index (κ1) is 13.5. The first-order valence-electron chi connectivity index (χ1n) is 5.85. The molecule has 4 amide bonds. The molecular formula is C11H19N3O3. The molecule has 6 heteroatoms. The van der Waals surface area contributed by atoms with E-state index in [4.69, 9.17) is 0 Å². The standard InChI is InChI=1S/C11H19N3O3/c1-4-6-12-8(15)7-14-9(16)11(3,5-2)13-10(14)17/h4-7H2,1-3H3,(H,12,15)(H,13,17). The lowest BCUT2D eigenvalue weighted by Crippen LogP contribution is -2.44. The molecule has 96 valence electrons. The van der Waals surface area contributed by atoms with E-state index in [1.807, 2.05) is 13.8 Å². The van der Waals surface area contributed by atoms with Crippen molar-refractivity contribution in [3.63, 3.8) is 0 Å². The van der Waals surface area contributed by atoms with Crippen LogP contribution in [0.2, 0.25) is 0 Å². The van der Waals surface area contributed by atoms with Gasteiger partial charge in [-0.3, -0.25) is 14.5 Å². The van der Waals surface area contributed by atoms with E-state index in [1.54, 1.807) is 6.92 Å². The zero-order valence-corrected chi connectivity index (χ0v) is 10.5. The van der Waals surface area contributed by atoms with Gasteiger partial charge in [0.25, 0.3) is 5.91 Å². The van der Waals surface area contributed by atoms with Gasteiger partial charge in [0.2, 0.25) is 5.91 Å². The highest BCUT2D eigenvalue weighted by atomic mass is 16.2. The molecule has 2 N–H and O–H groups in total. The lowest BCUT2D eigenvalue weighted by Gasteiger charge is -2.19. The quantitative estimate of drug-likeness (QED) is 0.676. The summed E-state index contributed by atoms with van der Waals surface area (Å²) in [4.78, 5) is 36.0. The van der Waals surface area contributed by atoms with Crippen molar-refractivity contribution in [2.75, 3.05) is 13.1 Å². The maximum atomic E-state index is 11.9. The summed E-state index contributed by atoms with van der Waals surface area (Å²) in [5.41, 5.74) is -0.873. The average Bonchev–Trinajstić information content (AvgIpc) is 2.51. The molecule has 0 aromatic rings. The molecule has 0 spiro atoms. The predicted molar refractivity (Wildman–Crippen MR) is 62.2 cm³/mol. The van der Waals surface area contributed by atoms with Crippen LogP contribution in [-0.4, -0.2) is 41.4 Å². The number of carbonyl (C=O) groups is 3. The summed E-state index contributed by atoms with van der Waals surface area (Å²) >= 11 is 0. The van der Waals surface area contributed by atoms with Gasteiger partial charge >= 0.3 is 6.03 Å². The van der Waals surface area contributed by atoms with E-state index in [0.717, 1.165) is 11.3 Å². The van der Waals surface area contributed by atoms with E-state index in [9.17, 15) is 14.4 Å². The normalized spacial score (nSPS) is 23.8. The highest BCUT2D eigenvalue weighted by Crippen LogP contribution is 2.20. The minimum atomic E-state index is -0.873. The van der Waals surface area contributed by atoms with Crippen molar-refractivity contribution in [1.29, 1.82) is 0 Å². The Morgan fingerprint density at radius 2 is 2.06 bits per heavy atom. The van der Waals surface area contributed by atoms with Gasteiger partial charge in [-0.15, -0.1) is 0 Å². The van der Waals surface area contributed by atoms with E-state index in [1.165, 1.54) is 0 Å². The molecule has 0 aliphatic carbocycles. The fraction of sp³-hybridized carbons (Fsp3) is 0.727. The number of nitrogens with one attached hydrogen (secondary N) is 2. The molecule has 1 fully saturated rings. The van der Waals surface area contributed by atoms with Crippen LogP contribution in [0.15, 0.2) is 0 Å². The predicted octanol–water partition coefficient (Wildman–Crippen LogP) is 0.233. The van der Waals surface area contributed by atoms with E-state index in [2.05, 4.69) is 10.6 Å². The van der Waals surface area contributed by atoms with Gasteiger partial charge in [0.1, 0.15) is 12.1 Å². The Labute approximate surface area is 101 Å². The smallest absolute Gasteiger partial charge is 0.325 e. The molecule has 0 bridgehead atoms. The second kappa shape index (κ2) is 5.16. The van der Waals surface area contributed by atoms with E-state index in [0.29, 0.717) is 13.0 Å². The van der Waals surface area contributed by atoms with Crippen molar-refractivity contribution in [3.8, 4) is 0 Å². The first-order chi connectivity index (χ1) is 7.94. The van der Waals surface area contributed by atoms with Gasteiger partial charge in [-0.2, -0.15) is 0 Å².